The van der Waals surface area contributed by atoms with Crippen LogP contribution in [-0.4, -0.2) is 28.2 Å². The van der Waals surface area contributed by atoms with Crippen LogP contribution < -0.4 is 15.8 Å². The smallest absolute Gasteiger partial charge is 0.258 e. The Bertz CT molecular complexity index is 1220. The van der Waals surface area contributed by atoms with Crippen molar-refractivity contribution in [2.45, 2.75) is 13.1 Å². The molecule has 33 heavy (non-hydrogen) atoms. The van der Waals surface area contributed by atoms with Gasteiger partial charge in [-0.05, 0) is 52.6 Å². The summed E-state index contributed by atoms with van der Waals surface area (Å²) in [6.07, 6.45) is 3.70. The van der Waals surface area contributed by atoms with Crippen LogP contribution in [0.3, 0.4) is 0 Å². The summed E-state index contributed by atoms with van der Waals surface area (Å²) >= 11 is 0. The molecular weight excluding hydrogens is 416 g/mol. The number of nitrogens with zero attached hydrogens (tertiary/aromatic N) is 2. The number of rotatable bonds is 9. The second-order valence-corrected chi connectivity index (χ2v) is 7.51. The van der Waals surface area contributed by atoms with Crippen LogP contribution in [0.15, 0.2) is 91.3 Å². The zero-order valence-electron chi connectivity index (χ0n) is 18.0. The van der Waals surface area contributed by atoms with Crippen LogP contribution in [0, 0.1) is 0 Å². The van der Waals surface area contributed by atoms with E-state index in [0.717, 1.165) is 28.8 Å². The number of carbonyl (C=O) groups excluding carboxylic acids is 2. The van der Waals surface area contributed by atoms with Gasteiger partial charge in [0.05, 0.1) is 6.54 Å². The third kappa shape index (κ3) is 5.86. The average molecular weight is 441 g/mol. The molecule has 4 rings (SSSR count). The number of primary amides is 1. The van der Waals surface area contributed by atoms with Crippen molar-refractivity contribution in [2.75, 3.05) is 6.61 Å². The molecule has 0 unspecified atom stereocenters. The number of nitrogens with one attached hydrogen (secondary N) is 1. The minimum Gasteiger partial charge on any atom is -0.484 e. The third-order valence-corrected chi connectivity index (χ3v) is 5.17. The third-order valence-electron chi connectivity index (χ3n) is 5.17. The Kier molecular flexibility index (Phi) is 6.80. The Hall–Kier alpha value is -4.39. The summed E-state index contributed by atoms with van der Waals surface area (Å²) in [4.78, 5) is 23.4. The molecule has 0 fully saturated rings. The minimum atomic E-state index is -0.509. The average Bonchev–Trinajstić information content (AvgIpc) is 3.35. The second kappa shape index (κ2) is 10.3. The van der Waals surface area contributed by atoms with Gasteiger partial charge in [-0.3, -0.25) is 14.3 Å². The van der Waals surface area contributed by atoms with Crippen LogP contribution >= 0.6 is 0 Å². The highest BCUT2D eigenvalue weighted by atomic mass is 16.5. The molecule has 0 saturated heterocycles. The number of ether oxygens (including phenoxy) is 1. The van der Waals surface area contributed by atoms with Gasteiger partial charge in [0.2, 0.25) is 5.91 Å². The van der Waals surface area contributed by atoms with E-state index in [1.165, 1.54) is 0 Å². The maximum atomic E-state index is 12.3. The van der Waals surface area contributed by atoms with Gasteiger partial charge in [0.15, 0.2) is 6.61 Å². The molecule has 2 amide bonds. The Morgan fingerprint density at radius 2 is 1.70 bits per heavy atom. The molecule has 0 aliphatic heterocycles. The van der Waals surface area contributed by atoms with Gasteiger partial charge in [-0.1, -0.05) is 48.5 Å². The SMILES string of the molecule is NC(=O)c1ccc(OCC(=O)NCc2ccccc2-c2ccc(Cn3cccn3)cc2)cc1. The monoisotopic (exact) mass is 440 g/mol. The predicted octanol–water partition coefficient (Wildman–Crippen LogP) is 3.39. The molecule has 1 aromatic heterocycles. The van der Waals surface area contributed by atoms with Gasteiger partial charge in [-0.15, -0.1) is 0 Å². The van der Waals surface area contributed by atoms with Crippen LogP contribution in [0.4, 0.5) is 0 Å². The molecule has 0 aliphatic carbocycles. The lowest BCUT2D eigenvalue weighted by atomic mass is 9.98. The van der Waals surface area contributed by atoms with E-state index in [0.29, 0.717) is 17.9 Å². The fourth-order valence-electron chi connectivity index (χ4n) is 3.44. The lowest BCUT2D eigenvalue weighted by molar-refractivity contribution is -0.123. The van der Waals surface area contributed by atoms with Crippen molar-refractivity contribution in [3.8, 4) is 16.9 Å². The van der Waals surface area contributed by atoms with E-state index >= 15 is 0 Å². The molecule has 166 valence electrons. The van der Waals surface area contributed by atoms with Gasteiger partial charge < -0.3 is 15.8 Å². The van der Waals surface area contributed by atoms with Gasteiger partial charge in [0, 0.05) is 24.5 Å². The highest BCUT2D eigenvalue weighted by molar-refractivity contribution is 5.92. The fourth-order valence-corrected chi connectivity index (χ4v) is 3.44. The maximum absolute atomic E-state index is 12.3. The van der Waals surface area contributed by atoms with E-state index in [4.69, 9.17) is 10.5 Å². The maximum Gasteiger partial charge on any atom is 0.258 e. The summed E-state index contributed by atoms with van der Waals surface area (Å²) in [7, 11) is 0. The zero-order valence-corrected chi connectivity index (χ0v) is 18.0. The van der Waals surface area contributed by atoms with E-state index in [1.54, 1.807) is 30.5 Å². The zero-order chi connectivity index (χ0) is 23.0. The Morgan fingerprint density at radius 1 is 0.939 bits per heavy atom. The van der Waals surface area contributed by atoms with Gasteiger partial charge in [0.25, 0.3) is 5.91 Å². The molecule has 3 aromatic carbocycles. The standard InChI is InChI=1S/C26H24N4O3/c27-26(32)21-10-12-23(13-11-21)33-18-25(31)28-16-22-4-1-2-5-24(22)20-8-6-19(7-9-20)17-30-15-3-14-29-30/h1-15H,16-18H2,(H2,27,32)(H,28,31). The quantitative estimate of drug-likeness (QED) is 0.417. The first kappa shape index (κ1) is 21.8. The van der Waals surface area contributed by atoms with Gasteiger partial charge in [-0.25, -0.2) is 0 Å². The van der Waals surface area contributed by atoms with Gasteiger partial charge >= 0.3 is 0 Å². The van der Waals surface area contributed by atoms with Crippen LogP contribution in [-0.2, 0) is 17.9 Å². The van der Waals surface area contributed by atoms with Crippen LogP contribution in [0.5, 0.6) is 5.75 Å². The van der Waals surface area contributed by atoms with Crippen molar-refractivity contribution in [3.63, 3.8) is 0 Å². The number of hydrogen-bond donors (Lipinski definition) is 2. The molecule has 0 atom stereocenters. The Balaban J connectivity index is 1.34. The Labute approximate surface area is 191 Å². The van der Waals surface area contributed by atoms with Crippen molar-refractivity contribution < 1.29 is 14.3 Å². The predicted molar refractivity (Wildman–Crippen MR) is 126 cm³/mol. The number of benzene rings is 3. The lowest BCUT2D eigenvalue weighted by Crippen LogP contribution is -2.28. The molecule has 0 bridgehead atoms. The first-order chi connectivity index (χ1) is 16.1. The molecule has 0 radical (unpaired) electrons. The van der Waals surface area contributed by atoms with E-state index in [1.807, 2.05) is 41.2 Å². The van der Waals surface area contributed by atoms with E-state index in [9.17, 15) is 9.59 Å². The molecule has 3 N–H and O–H groups in total. The number of nitrogens with two attached hydrogens (primary N) is 1. The molecule has 7 heteroatoms. The second-order valence-electron chi connectivity index (χ2n) is 7.51. The van der Waals surface area contributed by atoms with Crippen LogP contribution in [0.2, 0.25) is 0 Å². The van der Waals surface area contributed by atoms with Gasteiger partial charge in [-0.2, -0.15) is 5.10 Å². The number of carbonyl (C=O) groups is 2. The summed E-state index contributed by atoms with van der Waals surface area (Å²) < 4.78 is 7.37. The van der Waals surface area contributed by atoms with E-state index < -0.39 is 5.91 Å². The normalized spacial score (nSPS) is 10.5. The minimum absolute atomic E-state index is 0.125. The molecule has 0 aliphatic rings. The lowest BCUT2D eigenvalue weighted by Gasteiger charge is -2.12. The summed E-state index contributed by atoms with van der Waals surface area (Å²) in [5, 5.41) is 7.14. The summed E-state index contributed by atoms with van der Waals surface area (Å²) in [5.41, 5.74) is 9.92. The topological polar surface area (TPSA) is 99.2 Å². The molecular formula is C26H24N4O3. The van der Waals surface area contributed by atoms with Crippen molar-refractivity contribution >= 4 is 11.8 Å². The Morgan fingerprint density at radius 3 is 2.39 bits per heavy atom. The first-order valence-corrected chi connectivity index (χ1v) is 10.5. The fraction of sp³-hybridized carbons (Fsp3) is 0.115. The van der Waals surface area contributed by atoms with Crippen molar-refractivity contribution in [3.05, 3.63) is 108 Å². The van der Waals surface area contributed by atoms with Crippen LogP contribution in [0.1, 0.15) is 21.5 Å². The summed E-state index contributed by atoms with van der Waals surface area (Å²) in [5.74, 6) is -0.255. The number of amides is 2. The molecule has 0 spiro atoms. The van der Waals surface area contributed by atoms with E-state index in [2.05, 4.69) is 34.7 Å². The summed E-state index contributed by atoms with van der Waals surface area (Å²) in [6.45, 7) is 0.977. The van der Waals surface area contributed by atoms with Gasteiger partial charge in [0.1, 0.15) is 5.75 Å². The van der Waals surface area contributed by atoms with E-state index in [-0.39, 0.29) is 12.5 Å². The molecule has 1 heterocycles. The molecule has 4 aromatic rings. The van der Waals surface area contributed by atoms with Crippen molar-refractivity contribution in [2.24, 2.45) is 5.73 Å². The number of hydrogen-bond acceptors (Lipinski definition) is 4. The highest BCUT2D eigenvalue weighted by Crippen LogP contribution is 2.24. The highest BCUT2D eigenvalue weighted by Gasteiger charge is 2.08. The van der Waals surface area contributed by atoms with Crippen molar-refractivity contribution in [1.82, 2.24) is 15.1 Å². The summed E-state index contributed by atoms with van der Waals surface area (Å²) in [6, 6.07) is 24.6. The molecule has 7 nitrogen and oxygen atoms in total. The van der Waals surface area contributed by atoms with Crippen LogP contribution in [0.25, 0.3) is 11.1 Å². The number of aromatic nitrogens is 2. The largest absolute Gasteiger partial charge is 0.484 e. The molecule has 0 saturated carbocycles. The first-order valence-electron chi connectivity index (χ1n) is 10.5. The van der Waals surface area contributed by atoms with Crippen molar-refractivity contribution in [1.29, 1.82) is 0 Å².